The van der Waals surface area contributed by atoms with Gasteiger partial charge in [-0.25, -0.2) is 4.98 Å². The van der Waals surface area contributed by atoms with Crippen LogP contribution in [-0.2, 0) is 20.7 Å². The van der Waals surface area contributed by atoms with Gasteiger partial charge in [0.2, 0.25) is 11.9 Å². The monoisotopic (exact) mass is 484 g/mol. The number of hydrogen-bond acceptors (Lipinski definition) is 6. The van der Waals surface area contributed by atoms with E-state index in [2.05, 4.69) is 0 Å². The molecule has 0 N–H and O–H groups in total. The smallest absolute Gasteiger partial charge is 0.321 e. The molecule has 0 saturated carbocycles. The van der Waals surface area contributed by atoms with E-state index in [0.29, 0.717) is 30.0 Å². The first-order chi connectivity index (χ1) is 17.5. The summed E-state index contributed by atoms with van der Waals surface area (Å²) < 4.78 is 7.23. The fourth-order valence-corrected chi connectivity index (χ4v) is 4.74. The van der Waals surface area contributed by atoms with E-state index >= 15 is 0 Å². The number of aromatic nitrogens is 2. The van der Waals surface area contributed by atoms with Gasteiger partial charge in [0.1, 0.15) is 0 Å². The number of amides is 1. The molecule has 0 unspecified atom stereocenters. The second kappa shape index (κ2) is 9.61. The highest BCUT2D eigenvalue weighted by molar-refractivity contribution is 6.08. The van der Waals surface area contributed by atoms with Crippen molar-refractivity contribution in [3.8, 4) is 0 Å². The standard InChI is InChI=1S/C27H24N4O5/c1-2-36-26(33)23-24(19-12-14-20(15-13-19)31(34)35)30-22-11-7-6-10-21(22)28-27(30)29(25(23)32)17-16-18-8-4-3-5-9-18/h3-15,23-24H,2,16-17H2,1H3/t23-,24-/m0/s1. The molecular weight excluding hydrogens is 460 g/mol. The summed E-state index contributed by atoms with van der Waals surface area (Å²) in [5.74, 6) is -1.79. The minimum atomic E-state index is -1.17. The average molecular weight is 485 g/mol. The summed E-state index contributed by atoms with van der Waals surface area (Å²) in [5.41, 5.74) is 3.00. The van der Waals surface area contributed by atoms with E-state index in [1.165, 1.54) is 12.1 Å². The summed E-state index contributed by atoms with van der Waals surface area (Å²) in [6, 6.07) is 22.4. The zero-order chi connectivity index (χ0) is 25.2. The summed E-state index contributed by atoms with van der Waals surface area (Å²) in [7, 11) is 0. The van der Waals surface area contributed by atoms with Crippen LogP contribution in [0, 0.1) is 16.0 Å². The Hall–Kier alpha value is -4.53. The molecule has 5 rings (SSSR count). The van der Waals surface area contributed by atoms with Crippen molar-refractivity contribution in [3.05, 3.63) is 100 Å². The van der Waals surface area contributed by atoms with E-state index in [1.807, 2.05) is 59.2 Å². The molecule has 36 heavy (non-hydrogen) atoms. The maximum Gasteiger partial charge on any atom is 0.321 e. The van der Waals surface area contributed by atoms with Crippen LogP contribution in [0.2, 0.25) is 0 Å². The number of esters is 1. The Morgan fingerprint density at radius 3 is 2.42 bits per heavy atom. The van der Waals surface area contributed by atoms with Crippen molar-refractivity contribution in [2.24, 2.45) is 5.92 Å². The molecule has 0 radical (unpaired) electrons. The Balaban J connectivity index is 1.67. The van der Waals surface area contributed by atoms with E-state index in [9.17, 15) is 19.7 Å². The molecule has 0 aliphatic carbocycles. The molecule has 1 aliphatic rings. The molecule has 9 heteroatoms. The van der Waals surface area contributed by atoms with Crippen LogP contribution in [0.3, 0.4) is 0 Å². The Labute approximate surface area is 207 Å². The van der Waals surface area contributed by atoms with Crippen LogP contribution in [0.1, 0.15) is 24.1 Å². The highest BCUT2D eigenvalue weighted by atomic mass is 16.6. The molecule has 3 aromatic carbocycles. The number of non-ortho nitro benzene ring substituents is 1. The molecule has 1 amide bonds. The fraction of sp³-hybridized carbons (Fsp3) is 0.222. The lowest BCUT2D eigenvalue weighted by Crippen LogP contribution is -2.50. The second-order valence-corrected chi connectivity index (χ2v) is 8.52. The number of ether oxygens (including phenoxy) is 1. The summed E-state index contributed by atoms with van der Waals surface area (Å²) in [5, 5.41) is 11.2. The third-order valence-electron chi connectivity index (χ3n) is 6.40. The zero-order valence-electron chi connectivity index (χ0n) is 19.6. The second-order valence-electron chi connectivity index (χ2n) is 8.52. The van der Waals surface area contributed by atoms with Crippen LogP contribution in [0.25, 0.3) is 11.0 Å². The highest BCUT2D eigenvalue weighted by Crippen LogP contribution is 2.41. The van der Waals surface area contributed by atoms with Crippen LogP contribution in [0.4, 0.5) is 11.6 Å². The first-order valence-corrected chi connectivity index (χ1v) is 11.7. The molecule has 2 atom stereocenters. The van der Waals surface area contributed by atoms with E-state index in [4.69, 9.17) is 9.72 Å². The Morgan fingerprint density at radius 2 is 1.72 bits per heavy atom. The van der Waals surface area contributed by atoms with E-state index < -0.39 is 28.8 Å². The van der Waals surface area contributed by atoms with E-state index in [1.54, 1.807) is 24.0 Å². The van der Waals surface area contributed by atoms with Gasteiger partial charge in [-0.05, 0) is 36.6 Å². The van der Waals surface area contributed by atoms with Crippen molar-refractivity contribution in [2.75, 3.05) is 18.1 Å². The number of rotatable bonds is 7. The van der Waals surface area contributed by atoms with Crippen molar-refractivity contribution in [3.63, 3.8) is 0 Å². The number of anilines is 1. The lowest BCUT2D eigenvalue weighted by molar-refractivity contribution is -0.384. The topological polar surface area (TPSA) is 108 Å². The Kier molecular flexibility index (Phi) is 6.20. The maximum atomic E-state index is 13.9. The van der Waals surface area contributed by atoms with Crippen LogP contribution >= 0.6 is 0 Å². The SMILES string of the molecule is CCOC(=O)[C@@H]1C(=O)N(CCc2ccccc2)c2nc3ccccc3n2[C@H]1c1ccc([N+](=O)[O-])cc1. The lowest BCUT2D eigenvalue weighted by Gasteiger charge is -2.38. The number of carbonyl (C=O) groups excluding carboxylic acids is 2. The minimum absolute atomic E-state index is 0.0752. The van der Waals surface area contributed by atoms with Gasteiger partial charge in [0.25, 0.3) is 5.69 Å². The molecule has 1 aliphatic heterocycles. The average Bonchev–Trinajstić information content (AvgIpc) is 3.27. The van der Waals surface area contributed by atoms with Crippen molar-refractivity contribution in [2.45, 2.75) is 19.4 Å². The van der Waals surface area contributed by atoms with Crippen LogP contribution in [-0.4, -0.2) is 39.5 Å². The lowest BCUT2D eigenvalue weighted by atomic mass is 9.89. The van der Waals surface area contributed by atoms with Gasteiger partial charge >= 0.3 is 5.97 Å². The van der Waals surface area contributed by atoms with Gasteiger partial charge in [0.15, 0.2) is 5.92 Å². The van der Waals surface area contributed by atoms with Crippen LogP contribution < -0.4 is 4.90 Å². The molecule has 0 bridgehead atoms. The Bertz CT molecular complexity index is 1430. The third-order valence-corrected chi connectivity index (χ3v) is 6.40. The molecule has 0 fully saturated rings. The number of fused-ring (bicyclic) bond motifs is 3. The first kappa shape index (κ1) is 23.2. The van der Waals surface area contributed by atoms with Crippen molar-refractivity contribution in [1.29, 1.82) is 0 Å². The fourth-order valence-electron chi connectivity index (χ4n) is 4.74. The van der Waals surface area contributed by atoms with Crippen molar-refractivity contribution >= 4 is 34.5 Å². The molecule has 4 aromatic rings. The van der Waals surface area contributed by atoms with Gasteiger partial charge < -0.3 is 9.30 Å². The van der Waals surface area contributed by atoms with Gasteiger partial charge in [-0.15, -0.1) is 0 Å². The number of nitrogens with zero attached hydrogens (tertiary/aromatic N) is 4. The quantitative estimate of drug-likeness (QED) is 0.168. The summed E-state index contributed by atoms with van der Waals surface area (Å²) in [4.78, 5) is 44.2. The largest absolute Gasteiger partial charge is 0.465 e. The van der Waals surface area contributed by atoms with Crippen molar-refractivity contribution in [1.82, 2.24) is 9.55 Å². The molecule has 182 valence electrons. The molecule has 2 heterocycles. The number of nitro groups is 1. The highest BCUT2D eigenvalue weighted by Gasteiger charge is 2.47. The molecule has 0 spiro atoms. The van der Waals surface area contributed by atoms with Gasteiger partial charge in [-0.2, -0.15) is 0 Å². The van der Waals surface area contributed by atoms with Crippen LogP contribution in [0.5, 0.6) is 0 Å². The number of imidazole rings is 1. The van der Waals surface area contributed by atoms with E-state index in [0.717, 1.165) is 11.1 Å². The number of benzene rings is 3. The number of para-hydroxylation sites is 2. The normalized spacial score (nSPS) is 17.1. The predicted octanol–water partition coefficient (Wildman–Crippen LogP) is 4.30. The van der Waals surface area contributed by atoms with Gasteiger partial charge in [0.05, 0.1) is 28.6 Å². The van der Waals surface area contributed by atoms with Crippen LogP contribution in [0.15, 0.2) is 78.9 Å². The van der Waals surface area contributed by atoms with Gasteiger partial charge in [0, 0.05) is 18.7 Å². The summed E-state index contributed by atoms with van der Waals surface area (Å²) in [6.07, 6.45) is 0.577. The minimum Gasteiger partial charge on any atom is -0.465 e. The number of carbonyl (C=O) groups is 2. The molecular formula is C27H24N4O5. The summed E-state index contributed by atoms with van der Waals surface area (Å²) in [6.45, 7) is 2.14. The number of nitro benzene ring substituents is 1. The molecule has 9 nitrogen and oxygen atoms in total. The van der Waals surface area contributed by atoms with Crippen molar-refractivity contribution < 1.29 is 19.2 Å². The number of hydrogen-bond donors (Lipinski definition) is 0. The molecule has 0 saturated heterocycles. The summed E-state index contributed by atoms with van der Waals surface area (Å²) >= 11 is 0. The van der Waals surface area contributed by atoms with Gasteiger partial charge in [-0.3, -0.25) is 24.6 Å². The Morgan fingerprint density at radius 1 is 1.03 bits per heavy atom. The first-order valence-electron chi connectivity index (χ1n) is 11.7. The maximum absolute atomic E-state index is 13.9. The molecule has 1 aromatic heterocycles. The predicted molar refractivity (Wildman–Crippen MR) is 134 cm³/mol. The van der Waals surface area contributed by atoms with E-state index in [-0.39, 0.29) is 12.3 Å². The third kappa shape index (κ3) is 4.08. The van der Waals surface area contributed by atoms with Gasteiger partial charge in [-0.1, -0.05) is 54.6 Å². The zero-order valence-corrected chi connectivity index (χ0v) is 19.6.